The Bertz CT molecular complexity index is 309. The topological polar surface area (TPSA) is 50.4 Å². The fourth-order valence-corrected chi connectivity index (χ4v) is 1.29. The Labute approximate surface area is 83.0 Å². The molecule has 0 aliphatic rings. The Hall–Kier alpha value is -1.51. The van der Waals surface area contributed by atoms with E-state index in [0.717, 1.165) is 30.4 Å². The summed E-state index contributed by atoms with van der Waals surface area (Å²) in [5, 5.41) is 8.48. The molecule has 0 unspecified atom stereocenters. The van der Waals surface area contributed by atoms with Gasteiger partial charge in [-0.3, -0.25) is 0 Å². The number of furan rings is 1. The van der Waals surface area contributed by atoms with Crippen molar-refractivity contribution in [3.63, 3.8) is 0 Å². The van der Waals surface area contributed by atoms with Crippen LogP contribution in [0, 0.1) is 0 Å². The lowest BCUT2D eigenvalue weighted by atomic mass is 10.1. The highest BCUT2D eigenvalue weighted by Gasteiger charge is 1.97. The van der Waals surface area contributed by atoms with Crippen LogP contribution in [0.3, 0.4) is 0 Å². The summed E-state index contributed by atoms with van der Waals surface area (Å²) < 4.78 is 4.93. The number of hydrogen-bond acceptors (Lipinski definition) is 2. The minimum Gasteiger partial charge on any atom is -0.478 e. The second-order valence-electron chi connectivity index (χ2n) is 3.31. The number of hydrogen-bond donors (Lipinski definition) is 1. The minimum absolute atomic E-state index is 0.817. The Morgan fingerprint density at radius 2 is 2.43 bits per heavy atom. The van der Waals surface area contributed by atoms with Crippen LogP contribution in [-0.2, 0) is 11.2 Å². The number of aryl methyl sites for hydroxylation is 1. The van der Waals surface area contributed by atoms with Gasteiger partial charge in [0, 0.05) is 6.08 Å². The lowest BCUT2D eigenvalue weighted by Crippen LogP contribution is -1.91. The van der Waals surface area contributed by atoms with E-state index in [-0.39, 0.29) is 0 Å². The first-order chi connectivity index (χ1) is 6.68. The van der Waals surface area contributed by atoms with Gasteiger partial charge in [0.1, 0.15) is 0 Å². The molecule has 0 radical (unpaired) electrons. The average Bonchev–Trinajstić information content (AvgIpc) is 2.55. The molecule has 0 amide bonds. The minimum atomic E-state index is -0.870. The zero-order valence-corrected chi connectivity index (χ0v) is 8.19. The van der Waals surface area contributed by atoms with E-state index in [1.165, 1.54) is 6.08 Å². The molecule has 0 aromatic carbocycles. The van der Waals surface area contributed by atoms with Gasteiger partial charge in [-0.05, 0) is 37.8 Å². The maximum absolute atomic E-state index is 10.3. The van der Waals surface area contributed by atoms with E-state index >= 15 is 0 Å². The van der Waals surface area contributed by atoms with E-state index in [1.807, 2.05) is 13.0 Å². The van der Waals surface area contributed by atoms with Crippen molar-refractivity contribution in [1.29, 1.82) is 0 Å². The number of rotatable bonds is 5. The van der Waals surface area contributed by atoms with Gasteiger partial charge in [-0.2, -0.15) is 0 Å². The average molecular weight is 194 g/mol. The Morgan fingerprint density at radius 1 is 1.64 bits per heavy atom. The molecular weight excluding hydrogens is 180 g/mol. The van der Waals surface area contributed by atoms with E-state index in [0.29, 0.717) is 0 Å². The van der Waals surface area contributed by atoms with Crippen molar-refractivity contribution in [2.24, 2.45) is 0 Å². The first-order valence-electron chi connectivity index (χ1n) is 4.59. The first-order valence-corrected chi connectivity index (χ1v) is 4.59. The summed E-state index contributed by atoms with van der Waals surface area (Å²) in [6.45, 7) is 1.84. The molecule has 0 fully saturated rings. The summed E-state index contributed by atoms with van der Waals surface area (Å²) in [4.78, 5) is 10.3. The largest absolute Gasteiger partial charge is 0.478 e. The summed E-state index contributed by atoms with van der Waals surface area (Å²) in [7, 11) is 0. The Kier molecular flexibility index (Phi) is 3.98. The normalized spacial score (nSPS) is 11.6. The van der Waals surface area contributed by atoms with E-state index in [2.05, 4.69) is 0 Å². The van der Waals surface area contributed by atoms with E-state index in [9.17, 15) is 4.79 Å². The highest BCUT2D eigenvalue weighted by atomic mass is 16.4. The number of allylic oxidation sites excluding steroid dienone is 1. The van der Waals surface area contributed by atoms with E-state index in [4.69, 9.17) is 9.52 Å². The van der Waals surface area contributed by atoms with Crippen molar-refractivity contribution in [3.05, 3.63) is 35.8 Å². The lowest BCUT2D eigenvalue weighted by molar-refractivity contribution is -0.131. The second kappa shape index (κ2) is 5.27. The van der Waals surface area contributed by atoms with Crippen LogP contribution in [0.15, 0.2) is 34.7 Å². The van der Waals surface area contributed by atoms with Crippen molar-refractivity contribution >= 4 is 5.97 Å². The van der Waals surface area contributed by atoms with Crippen LogP contribution >= 0.6 is 0 Å². The van der Waals surface area contributed by atoms with Crippen LogP contribution in [0.1, 0.15) is 25.3 Å². The highest BCUT2D eigenvalue weighted by molar-refractivity contribution is 5.80. The highest BCUT2D eigenvalue weighted by Crippen LogP contribution is 2.09. The molecule has 0 aliphatic heterocycles. The maximum atomic E-state index is 10.3. The molecule has 0 atom stereocenters. The van der Waals surface area contributed by atoms with Gasteiger partial charge < -0.3 is 9.52 Å². The van der Waals surface area contributed by atoms with Crippen molar-refractivity contribution in [2.45, 2.75) is 26.2 Å². The molecule has 3 nitrogen and oxygen atoms in total. The van der Waals surface area contributed by atoms with Gasteiger partial charge >= 0.3 is 5.97 Å². The van der Waals surface area contributed by atoms with Crippen LogP contribution < -0.4 is 0 Å². The van der Waals surface area contributed by atoms with Crippen LogP contribution in [0.5, 0.6) is 0 Å². The molecule has 0 bridgehead atoms. The fourth-order valence-electron chi connectivity index (χ4n) is 1.29. The van der Waals surface area contributed by atoms with Crippen molar-refractivity contribution in [2.75, 3.05) is 0 Å². The zero-order chi connectivity index (χ0) is 10.4. The third-order valence-corrected chi connectivity index (χ3v) is 1.99. The Balaban J connectivity index is 2.25. The molecule has 0 spiro atoms. The predicted octanol–water partition coefficient (Wildman–Crippen LogP) is 2.63. The molecule has 0 saturated carbocycles. The number of carboxylic acids is 1. The van der Waals surface area contributed by atoms with E-state index < -0.39 is 5.97 Å². The van der Waals surface area contributed by atoms with Gasteiger partial charge in [-0.25, -0.2) is 4.79 Å². The maximum Gasteiger partial charge on any atom is 0.328 e. The van der Waals surface area contributed by atoms with Crippen LogP contribution in [0.25, 0.3) is 0 Å². The summed E-state index contributed by atoms with van der Waals surface area (Å²) >= 11 is 0. The van der Waals surface area contributed by atoms with Crippen LogP contribution in [-0.4, -0.2) is 11.1 Å². The molecule has 14 heavy (non-hydrogen) atoms. The monoisotopic (exact) mass is 194 g/mol. The summed E-state index contributed by atoms with van der Waals surface area (Å²) in [6, 6.07) is 1.93. The number of carboxylic acid groups (broad SMARTS) is 1. The molecule has 1 aromatic rings. The molecule has 76 valence electrons. The smallest absolute Gasteiger partial charge is 0.328 e. The van der Waals surface area contributed by atoms with Crippen LogP contribution in [0.2, 0.25) is 0 Å². The van der Waals surface area contributed by atoms with Gasteiger partial charge in [0.25, 0.3) is 0 Å². The lowest BCUT2D eigenvalue weighted by Gasteiger charge is -1.98. The van der Waals surface area contributed by atoms with Crippen molar-refractivity contribution < 1.29 is 14.3 Å². The van der Waals surface area contributed by atoms with Crippen molar-refractivity contribution in [3.8, 4) is 0 Å². The molecule has 0 saturated heterocycles. The van der Waals surface area contributed by atoms with E-state index in [1.54, 1.807) is 12.5 Å². The van der Waals surface area contributed by atoms with Crippen LogP contribution in [0.4, 0.5) is 0 Å². The summed E-state index contributed by atoms with van der Waals surface area (Å²) in [5.74, 6) is -0.870. The standard InChI is InChI=1S/C11H14O3/c1-9(7-11(12)13)3-2-4-10-5-6-14-8-10/h5-8H,2-4H2,1H3,(H,12,13). The van der Waals surface area contributed by atoms with Gasteiger partial charge in [-0.1, -0.05) is 5.57 Å². The number of aliphatic carboxylic acids is 1. The van der Waals surface area contributed by atoms with Gasteiger partial charge in [0.05, 0.1) is 12.5 Å². The third kappa shape index (κ3) is 3.94. The van der Waals surface area contributed by atoms with Gasteiger partial charge in [0.15, 0.2) is 0 Å². The van der Waals surface area contributed by atoms with Gasteiger partial charge in [-0.15, -0.1) is 0 Å². The summed E-state index contributed by atoms with van der Waals surface area (Å²) in [5.41, 5.74) is 2.06. The Morgan fingerprint density at radius 3 is 3.00 bits per heavy atom. The third-order valence-electron chi connectivity index (χ3n) is 1.99. The molecule has 1 heterocycles. The molecule has 1 N–H and O–H groups in total. The molecule has 1 aromatic heterocycles. The zero-order valence-electron chi connectivity index (χ0n) is 8.19. The fraction of sp³-hybridized carbons (Fsp3) is 0.364. The molecule has 0 aliphatic carbocycles. The molecular formula is C11H14O3. The molecule has 3 heteroatoms. The summed E-state index contributed by atoms with van der Waals surface area (Å²) in [6.07, 6.45) is 7.33. The quantitative estimate of drug-likeness (QED) is 0.733. The molecule has 1 rings (SSSR count). The van der Waals surface area contributed by atoms with Crippen molar-refractivity contribution in [1.82, 2.24) is 0 Å². The second-order valence-corrected chi connectivity index (χ2v) is 3.31. The van der Waals surface area contributed by atoms with Gasteiger partial charge in [0.2, 0.25) is 0 Å². The number of carbonyl (C=O) groups is 1. The predicted molar refractivity (Wildman–Crippen MR) is 53.0 cm³/mol. The SMILES string of the molecule is CC(=CC(=O)O)CCCc1ccoc1. The first kappa shape index (κ1) is 10.6.